The van der Waals surface area contributed by atoms with Crippen LogP contribution in [-0.4, -0.2) is 24.2 Å². The molecule has 0 fully saturated rings. The predicted octanol–water partition coefficient (Wildman–Crippen LogP) is 1.02. The average molecular weight is 283 g/mol. The lowest BCUT2D eigenvalue weighted by atomic mass is 10.0. The summed E-state index contributed by atoms with van der Waals surface area (Å²) in [5, 5.41) is 24.3. The molecular weight excluding hydrogens is 266 g/mol. The second kappa shape index (κ2) is 5.52. The second-order valence-corrected chi connectivity index (χ2v) is 6.05. The Balaban J connectivity index is 3.11. The molecule has 0 aromatic heterocycles. The van der Waals surface area contributed by atoms with Gasteiger partial charge in [-0.25, -0.2) is 13.6 Å². The number of hydrogen-bond acceptors (Lipinski definition) is 5. The molecule has 0 unspecified atom stereocenters. The highest BCUT2D eigenvalue weighted by atomic mass is 32.2. The van der Waals surface area contributed by atoms with E-state index in [4.69, 9.17) is 10.5 Å². The van der Waals surface area contributed by atoms with Crippen molar-refractivity contribution >= 4 is 20.8 Å². The zero-order valence-electron chi connectivity index (χ0n) is 10.7. The molecule has 0 saturated carbocycles. The molecule has 19 heavy (non-hydrogen) atoms. The van der Waals surface area contributed by atoms with Gasteiger partial charge in [0.05, 0.1) is 5.60 Å². The summed E-state index contributed by atoms with van der Waals surface area (Å²) in [7, 11) is -4.09. The third kappa shape index (κ3) is 4.82. The molecule has 0 aliphatic rings. The van der Waals surface area contributed by atoms with E-state index in [2.05, 4.69) is 5.32 Å². The number of anilines is 1. The van der Waals surface area contributed by atoms with Crippen molar-refractivity contribution in [1.29, 1.82) is 5.41 Å². The van der Waals surface area contributed by atoms with Crippen molar-refractivity contribution in [2.45, 2.75) is 19.4 Å². The summed E-state index contributed by atoms with van der Waals surface area (Å²) >= 11 is 0. The van der Waals surface area contributed by atoms with Crippen LogP contribution in [-0.2, 0) is 10.0 Å². The van der Waals surface area contributed by atoms with Crippen molar-refractivity contribution in [3.63, 3.8) is 0 Å². The Morgan fingerprint density at radius 1 is 1.37 bits per heavy atom. The van der Waals surface area contributed by atoms with Gasteiger partial charge in [0.1, 0.15) is 0 Å². The van der Waals surface area contributed by atoms with Crippen LogP contribution < -0.4 is 10.5 Å². The van der Waals surface area contributed by atoms with Gasteiger partial charge in [-0.1, -0.05) is 18.2 Å². The summed E-state index contributed by atoms with van der Waals surface area (Å²) < 4.78 is 22.1. The maximum absolute atomic E-state index is 11.0. The Labute approximate surface area is 112 Å². The fourth-order valence-electron chi connectivity index (χ4n) is 1.26. The highest BCUT2D eigenvalue weighted by molar-refractivity contribution is 8.04. The zero-order chi connectivity index (χ0) is 14.7. The molecule has 0 amide bonds. The molecule has 0 radical (unpaired) electrons. The monoisotopic (exact) mass is 283 g/mol. The molecule has 104 valence electrons. The lowest BCUT2D eigenvalue weighted by Crippen LogP contribution is -2.30. The van der Waals surface area contributed by atoms with Crippen molar-refractivity contribution in [1.82, 2.24) is 0 Å². The quantitative estimate of drug-likeness (QED) is 0.487. The lowest BCUT2D eigenvalue weighted by molar-refractivity contribution is 0.121. The smallest absolute Gasteiger partial charge is 0.254 e. The van der Waals surface area contributed by atoms with Gasteiger partial charge in [-0.2, -0.15) is 0 Å². The normalized spacial score (nSPS) is 13.2. The summed E-state index contributed by atoms with van der Waals surface area (Å²) in [5.41, 5.74) is -0.511. The van der Waals surface area contributed by atoms with E-state index in [1.807, 2.05) is 6.07 Å². The summed E-state index contributed by atoms with van der Waals surface area (Å²) in [6.45, 7) is 2.95. The van der Waals surface area contributed by atoms with Crippen LogP contribution in [0.15, 0.2) is 42.1 Å². The minimum absolute atomic E-state index is 0.165. The van der Waals surface area contributed by atoms with E-state index in [0.717, 1.165) is 6.08 Å². The molecule has 0 aliphatic heterocycles. The fourth-order valence-corrected chi connectivity index (χ4v) is 1.54. The van der Waals surface area contributed by atoms with Gasteiger partial charge in [-0.3, -0.25) is 5.41 Å². The van der Waals surface area contributed by atoms with Crippen molar-refractivity contribution in [3.05, 3.63) is 42.1 Å². The Morgan fingerprint density at radius 3 is 2.32 bits per heavy atom. The van der Waals surface area contributed by atoms with Gasteiger partial charge in [0.25, 0.3) is 10.0 Å². The summed E-state index contributed by atoms with van der Waals surface area (Å²) in [6.07, 6.45) is 1.00. The van der Waals surface area contributed by atoms with Crippen molar-refractivity contribution in [2.75, 3.05) is 5.32 Å². The molecular formula is C12H17N3O3S. The van der Waals surface area contributed by atoms with E-state index < -0.39 is 20.7 Å². The fraction of sp³-hybridized carbons (Fsp3) is 0.250. The topological polar surface area (TPSA) is 116 Å². The predicted molar refractivity (Wildman–Crippen MR) is 75.3 cm³/mol. The highest BCUT2D eigenvalue weighted by Crippen LogP contribution is 2.19. The maximum atomic E-state index is 11.0. The van der Waals surface area contributed by atoms with Crippen LogP contribution in [0.2, 0.25) is 0 Å². The number of aliphatic hydroxyl groups is 1. The van der Waals surface area contributed by atoms with E-state index >= 15 is 0 Å². The van der Waals surface area contributed by atoms with Gasteiger partial charge >= 0.3 is 0 Å². The summed E-state index contributed by atoms with van der Waals surface area (Å²) in [4.78, 5) is 0. The molecule has 0 spiro atoms. The first-order valence-corrected chi connectivity index (χ1v) is 7.03. The molecule has 0 atom stereocenters. The molecule has 0 aliphatic carbocycles. The molecule has 1 aromatic carbocycles. The van der Waals surface area contributed by atoms with Gasteiger partial charge in [-0.05, 0) is 32.1 Å². The molecule has 1 aromatic rings. The third-order valence-electron chi connectivity index (χ3n) is 2.29. The highest BCUT2D eigenvalue weighted by Gasteiger charge is 2.22. The largest absolute Gasteiger partial charge is 0.384 e. The van der Waals surface area contributed by atoms with Crippen LogP contribution in [0.25, 0.3) is 0 Å². The van der Waals surface area contributed by atoms with Crippen LogP contribution in [0, 0.1) is 5.41 Å². The van der Waals surface area contributed by atoms with Gasteiger partial charge in [0, 0.05) is 11.4 Å². The zero-order valence-corrected chi connectivity index (χ0v) is 11.5. The molecule has 1 rings (SSSR count). The molecule has 7 heteroatoms. The molecule has 6 nitrogen and oxygen atoms in total. The number of para-hydroxylation sites is 1. The first-order chi connectivity index (χ1) is 8.60. The van der Waals surface area contributed by atoms with Crippen molar-refractivity contribution in [3.8, 4) is 0 Å². The standard InChI is InChI=1S/C12H17N3O3S/c1-12(2,16)10(8-11(13)19(14,17)18)15-9-6-4-3-5-7-9/h3-8,13,15-16H,1-2H3,(H2,14,17,18)/b10-8-,13-11?. The Kier molecular flexibility index (Phi) is 4.46. The van der Waals surface area contributed by atoms with E-state index in [-0.39, 0.29) is 5.70 Å². The number of sulfonamides is 1. The van der Waals surface area contributed by atoms with Gasteiger partial charge in [0.15, 0.2) is 5.04 Å². The average Bonchev–Trinajstić information content (AvgIpc) is 2.27. The first kappa shape index (κ1) is 15.4. The number of nitrogens with two attached hydrogens (primary N) is 1. The van der Waals surface area contributed by atoms with Gasteiger partial charge in [-0.15, -0.1) is 0 Å². The van der Waals surface area contributed by atoms with Crippen LogP contribution >= 0.6 is 0 Å². The number of nitrogens with one attached hydrogen (secondary N) is 2. The first-order valence-electron chi connectivity index (χ1n) is 5.48. The lowest BCUT2D eigenvalue weighted by Gasteiger charge is -2.23. The van der Waals surface area contributed by atoms with Gasteiger partial charge < -0.3 is 10.4 Å². The van der Waals surface area contributed by atoms with Crippen LogP contribution in [0.4, 0.5) is 5.69 Å². The molecule has 0 heterocycles. The summed E-state index contributed by atoms with van der Waals surface area (Å²) in [6, 6.07) is 8.90. The number of hydrogen-bond donors (Lipinski definition) is 4. The SMILES string of the molecule is CC(C)(O)/C(=C/C(=N)S(N)(=O)=O)Nc1ccccc1. The minimum atomic E-state index is -4.09. The Bertz CT molecular complexity index is 586. The van der Waals surface area contributed by atoms with E-state index in [0.29, 0.717) is 5.69 Å². The second-order valence-electron chi connectivity index (χ2n) is 4.52. The van der Waals surface area contributed by atoms with Crippen molar-refractivity contribution in [2.24, 2.45) is 5.14 Å². The Hall–Kier alpha value is -1.70. The number of benzene rings is 1. The maximum Gasteiger partial charge on any atom is 0.254 e. The van der Waals surface area contributed by atoms with Crippen molar-refractivity contribution < 1.29 is 13.5 Å². The van der Waals surface area contributed by atoms with E-state index in [1.54, 1.807) is 24.3 Å². The minimum Gasteiger partial charge on any atom is -0.384 e. The van der Waals surface area contributed by atoms with E-state index in [1.165, 1.54) is 13.8 Å². The molecule has 0 saturated heterocycles. The van der Waals surface area contributed by atoms with Crippen LogP contribution in [0.5, 0.6) is 0 Å². The third-order valence-corrected chi connectivity index (χ3v) is 3.02. The van der Waals surface area contributed by atoms with Crippen LogP contribution in [0.1, 0.15) is 13.8 Å². The van der Waals surface area contributed by atoms with Crippen LogP contribution in [0.3, 0.4) is 0 Å². The number of primary sulfonamides is 1. The molecule has 5 N–H and O–H groups in total. The number of rotatable bonds is 4. The Morgan fingerprint density at radius 2 is 1.89 bits per heavy atom. The van der Waals surface area contributed by atoms with Gasteiger partial charge in [0.2, 0.25) is 0 Å². The van der Waals surface area contributed by atoms with E-state index in [9.17, 15) is 13.5 Å². The summed E-state index contributed by atoms with van der Waals surface area (Å²) in [5.74, 6) is 0. The molecule has 0 bridgehead atoms.